The lowest BCUT2D eigenvalue weighted by Crippen LogP contribution is -2.48. The van der Waals surface area contributed by atoms with Crippen LogP contribution in [0.1, 0.15) is 29.6 Å². The highest BCUT2D eigenvalue weighted by molar-refractivity contribution is 7.17. The highest BCUT2D eigenvalue weighted by Crippen LogP contribution is 2.16. The molecule has 1 aliphatic heterocycles. The second-order valence-corrected chi connectivity index (χ2v) is 5.40. The predicted molar refractivity (Wildman–Crippen MR) is 72.2 cm³/mol. The van der Waals surface area contributed by atoms with E-state index in [1.54, 1.807) is 11.9 Å². The minimum absolute atomic E-state index is 0.0123. The van der Waals surface area contributed by atoms with Gasteiger partial charge in [-0.05, 0) is 13.3 Å². The van der Waals surface area contributed by atoms with Crippen molar-refractivity contribution in [3.05, 3.63) is 5.01 Å². The van der Waals surface area contributed by atoms with E-state index in [2.05, 4.69) is 20.8 Å². The molecule has 2 N–H and O–H groups in total. The molecule has 7 nitrogen and oxygen atoms in total. The summed E-state index contributed by atoms with van der Waals surface area (Å²) in [4.78, 5) is 25.0. The van der Waals surface area contributed by atoms with E-state index in [1.807, 2.05) is 6.92 Å². The number of nitrogens with one attached hydrogen (secondary N) is 2. The summed E-state index contributed by atoms with van der Waals surface area (Å²) < 4.78 is 0. The lowest BCUT2D eigenvalue weighted by Gasteiger charge is -2.29. The highest BCUT2D eigenvalue weighted by atomic mass is 32.1. The van der Waals surface area contributed by atoms with Crippen LogP contribution in [0.25, 0.3) is 0 Å². The summed E-state index contributed by atoms with van der Waals surface area (Å²) in [6.07, 6.45) is 1.15. The second-order valence-electron chi connectivity index (χ2n) is 4.43. The molecule has 2 rings (SSSR count). The zero-order valence-electron chi connectivity index (χ0n) is 11.0. The Hall–Kier alpha value is -1.70. The SMILES string of the molecule is CCNc1nnc(C(=O)NC2CCC(=O)N(C)C2)s1. The zero-order valence-corrected chi connectivity index (χ0v) is 11.8. The summed E-state index contributed by atoms with van der Waals surface area (Å²) in [6.45, 7) is 3.24. The molecule has 0 radical (unpaired) electrons. The third kappa shape index (κ3) is 3.40. The predicted octanol–water partition coefficient (Wildman–Crippen LogP) is 0.320. The molecule has 8 heteroatoms. The molecule has 1 atom stereocenters. The number of carbonyl (C=O) groups excluding carboxylic acids is 2. The molecular formula is C11H17N5O2S. The number of amides is 2. The molecule has 0 bridgehead atoms. The van der Waals surface area contributed by atoms with E-state index in [4.69, 9.17) is 0 Å². The van der Waals surface area contributed by atoms with Crippen LogP contribution in [-0.4, -0.2) is 53.1 Å². The summed E-state index contributed by atoms with van der Waals surface area (Å²) in [5.74, 6) is -0.106. The summed E-state index contributed by atoms with van der Waals surface area (Å²) in [5.41, 5.74) is 0. The van der Waals surface area contributed by atoms with E-state index < -0.39 is 0 Å². The fourth-order valence-electron chi connectivity index (χ4n) is 1.91. The monoisotopic (exact) mass is 283 g/mol. The largest absolute Gasteiger partial charge is 0.360 e. The number of hydrogen-bond acceptors (Lipinski definition) is 6. The van der Waals surface area contributed by atoms with Crippen molar-refractivity contribution in [3.63, 3.8) is 0 Å². The lowest BCUT2D eigenvalue weighted by molar-refractivity contribution is -0.132. The van der Waals surface area contributed by atoms with Gasteiger partial charge in [-0.25, -0.2) is 0 Å². The van der Waals surface area contributed by atoms with Crippen LogP contribution in [0.2, 0.25) is 0 Å². The average Bonchev–Trinajstić information content (AvgIpc) is 2.83. The number of anilines is 1. The molecular weight excluding hydrogens is 266 g/mol. The van der Waals surface area contributed by atoms with Gasteiger partial charge in [0.05, 0.1) is 0 Å². The average molecular weight is 283 g/mol. The van der Waals surface area contributed by atoms with Crippen molar-refractivity contribution in [3.8, 4) is 0 Å². The van der Waals surface area contributed by atoms with E-state index in [1.165, 1.54) is 11.3 Å². The number of rotatable bonds is 4. The quantitative estimate of drug-likeness (QED) is 0.831. The maximum atomic E-state index is 12.0. The van der Waals surface area contributed by atoms with E-state index in [-0.39, 0.29) is 17.9 Å². The topological polar surface area (TPSA) is 87.2 Å². The van der Waals surface area contributed by atoms with Gasteiger partial charge in [0.15, 0.2) is 0 Å². The van der Waals surface area contributed by atoms with Gasteiger partial charge < -0.3 is 15.5 Å². The van der Waals surface area contributed by atoms with Gasteiger partial charge in [-0.3, -0.25) is 9.59 Å². The van der Waals surface area contributed by atoms with Gasteiger partial charge in [0.1, 0.15) is 0 Å². The Labute approximate surface area is 115 Å². The van der Waals surface area contributed by atoms with E-state index >= 15 is 0 Å². The molecule has 1 saturated heterocycles. The van der Waals surface area contributed by atoms with Gasteiger partial charge in [0, 0.05) is 32.6 Å². The number of aromatic nitrogens is 2. The number of hydrogen-bond donors (Lipinski definition) is 2. The number of carbonyl (C=O) groups is 2. The Morgan fingerprint density at radius 2 is 2.32 bits per heavy atom. The summed E-state index contributed by atoms with van der Waals surface area (Å²) in [7, 11) is 1.74. The Balaban J connectivity index is 1.91. The lowest BCUT2D eigenvalue weighted by atomic mass is 10.1. The molecule has 2 amide bonds. The summed E-state index contributed by atoms with van der Waals surface area (Å²) in [5, 5.41) is 14.6. The normalized spacial score (nSPS) is 19.4. The zero-order chi connectivity index (χ0) is 13.8. The number of likely N-dealkylation sites (N-methyl/N-ethyl adjacent to an activating group) is 1. The number of piperidine rings is 1. The molecule has 0 aliphatic carbocycles. The summed E-state index contributed by atoms with van der Waals surface area (Å²) in [6, 6.07) is -0.0123. The highest BCUT2D eigenvalue weighted by Gasteiger charge is 2.25. The van der Waals surface area contributed by atoms with Crippen LogP contribution in [0.4, 0.5) is 5.13 Å². The van der Waals surface area contributed by atoms with Crippen molar-refractivity contribution in [2.75, 3.05) is 25.5 Å². The third-order valence-corrected chi connectivity index (χ3v) is 3.79. The summed E-state index contributed by atoms with van der Waals surface area (Å²) >= 11 is 1.23. The number of nitrogens with zero attached hydrogens (tertiary/aromatic N) is 3. The van der Waals surface area contributed by atoms with Crippen molar-refractivity contribution in [2.24, 2.45) is 0 Å². The maximum absolute atomic E-state index is 12.0. The van der Waals surface area contributed by atoms with Crippen LogP contribution >= 0.6 is 11.3 Å². The molecule has 104 valence electrons. The molecule has 19 heavy (non-hydrogen) atoms. The first-order valence-electron chi connectivity index (χ1n) is 6.22. The van der Waals surface area contributed by atoms with Gasteiger partial charge >= 0.3 is 0 Å². The molecule has 0 saturated carbocycles. The van der Waals surface area contributed by atoms with Crippen LogP contribution < -0.4 is 10.6 Å². The van der Waals surface area contributed by atoms with Gasteiger partial charge in [-0.1, -0.05) is 11.3 Å². The first-order valence-corrected chi connectivity index (χ1v) is 7.04. The molecule has 0 spiro atoms. The Morgan fingerprint density at radius 1 is 1.53 bits per heavy atom. The minimum Gasteiger partial charge on any atom is -0.360 e. The second kappa shape index (κ2) is 5.96. The van der Waals surface area contributed by atoms with Crippen LogP contribution in [-0.2, 0) is 4.79 Å². The van der Waals surface area contributed by atoms with Gasteiger partial charge in [-0.2, -0.15) is 0 Å². The first kappa shape index (κ1) is 13.7. The molecule has 0 aromatic carbocycles. The Bertz CT molecular complexity index is 475. The van der Waals surface area contributed by atoms with E-state index in [0.29, 0.717) is 29.5 Å². The van der Waals surface area contributed by atoms with Crippen LogP contribution in [0.5, 0.6) is 0 Å². The van der Waals surface area contributed by atoms with Crippen LogP contribution in [0, 0.1) is 0 Å². The van der Waals surface area contributed by atoms with Crippen molar-refractivity contribution in [2.45, 2.75) is 25.8 Å². The maximum Gasteiger partial charge on any atom is 0.282 e. The first-order chi connectivity index (χ1) is 9.10. The van der Waals surface area contributed by atoms with Crippen LogP contribution in [0.15, 0.2) is 0 Å². The Kier molecular flexibility index (Phi) is 4.31. The van der Waals surface area contributed by atoms with Crippen molar-refractivity contribution >= 4 is 28.3 Å². The van der Waals surface area contributed by atoms with Crippen molar-refractivity contribution in [1.82, 2.24) is 20.4 Å². The third-order valence-electron chi connectivity index (χ3n) is 2.91. The fourth-order valence-corrected chi connectivity index (χ4v) is 2.63. The molecule has 1 aliphatic rings. The number of likely N-dealkylation sites (tertiary alicyclic amines) is 1. The molecule has 1 fully saturated rings. The standard InChI is InChI=1S/C11H17N5O2S/c1-3-12-11-15-14-10(19-11)9(18)13-7-4-5-8(17)16(2)6-7/h7H,3-6H2,1-2H3,(H,12,15)(H,13,18). The van der Waals surface area contributed by atoms with Gasteiger partial charge in [-0.15, -0.1) is 10.2 Å². The smallest absolute Gasteiger partial charge is 0.282 e. The molecule has 1 aromatic heterocycles. The Morgan fingerprint density at radius 3 is 3.00 bits per heavy atom. The molecule has 1 aromatic rings. The fraction of sp³-hybridized carbons (Fsp3) is 0.636. The van der Waals surface area contributed by atoms with E-state index in [0.717, 1.165) is 6.54 Å². The van der Waals surface area contributed by atoms with Crippen molar-refractivity contribution in [1.29, 1.82) is 0 Å². The van der Waals surface area contributed by atoms with Crippen LogP contribution in [0.3, 0.4) is 0 Å². The molecule has 1 unspecified atom stereocenters. The van der Waals surface area contributed by atoms with Gasteiger partial charge in [0.2, 0.25) is 16.0 Å². The van der Waals surface area contributed by atoms with Gasteiger partial charge in [0.25, 0.3) is 5.91 Å². The minimum atomic E-state index is -0.227. The van der Waals surface area contributed by atoms with E-state index in [9.17, 15) is 9.59 Å². The molecule has 2 heterocycles. The van der Waals surface area contributed by atoms with Crippen molar-refractivity contribution < 1.29 is 9.59 Å².